The molecule has 2 heterocycles. The van der Waals surface area contributed by atoms with Crippen molar-refractivity contribution >= 4 is 11.6 Å². The molecule has 0 aliphatic rings. The fraction of sp³-hybridized carbons (Fsp3) is 0.357. The van der Waals surface area contributed by atoms with Gasteiger partial charge in [-0.1, -0.05) is 13.0 Å². The fourth-order valence-corrected chi connectivity index (χ4v) is 1.88. The molecule has 0 saturated carbocycles. The molecule has 1 N–H and O–H groups in total. The Labute approximate surface area is 122 Å². The van der Waals surface area contributed by atoms with E-state index in [-0.39, 0.29) is 5.69 Å². The summed E-state index contributed by atoms with van der Waals surface area (Å²) >= 11 is 0. The topological polar surface area (TPSA) is 93.8 Å². The van der Waals surface area contributed by atoms with E-state index in [4.69, 9.17) is 0 Å². The zero-order chi connectivity index (χ0) is 15.2. The number of aromatic nitrogens is 3. The van der Waals surface area contributed by atoms with Gasteiger partial charge in [-0.3, -0.25) is 15.1 Å². The van der Waals surface area contributed by atoms with E-state index in [0.717, 1.165) is 17.7 Å². The van der Waals surface area contributed by atoms with Gasteiger partial charge < -0.3 is 5.32 Å². The van der Waals surface area contributed by atoms with E-state index in [1.807, 2.05) is 19.1 Å². The van der Waals surface area contributed by atoms with Crippen molar-refractivity contribution < 1.29 is 4.92 Å². The Bertz CT molecular complexity index is 628. The molecule has 0 unspecified atom stereocenters. The van der Waals surface area contributed by atoms with Gasteiger partial charge in [0.1, 0.15) is 11.9 Å². The van der Waals surface area contributed by atoms with Crippen molar-refractivity contribution in [3.8, 4) is 0 Å². The molecule has 0 spiro atoms. The number of aryl methyl sites for hydroxylation is 1. The lowest BCUT2D eigenvalue weighted by Crippen LogP contribution is -2.07. The molecule has 0 fully saturated rings. The maximum absolute atomic E-state index is 11.1. The van der Waals surface area contributed by atoms with E-state index in [0.29, 0.717) is 24.6 Å². The second kappa shape index (κ2) is 6.74. The van der Waals surface area contributed by atoms with Gasteiger partial charge in [-0.2, -0.15) is 0 Å². The van der Waals surface area contributed by atoms with Crippen molar-refractivity contribution in [3.05, 3.63) is 51.6 Å². The first kappa shape index (κ1) is 14.8. The van der Waals surface area contributed by atoms with Gasteiger partial charge in [0, 0.05) is 24.9 Å². The molecule has 7 heteroatoms. The third-order valence-electron chi connectivity index (χ3n) is 3.02. The molecular formula is C14H17N5O2. The van der Waals surface area contributed by atoms with Crippen LogP contribution in [0.15, 0.2) is 24.5 Å². The Morgan fingerprint density at radius 3 is 2.62 bits per heavy atom. The second-order valence-electron chi connectivity index (χ2n) is 4.50. The van der Waals surface area contributed by atoms with E-state index < -0.39 is 4.92 Å². The Hall–Kier alpha value is -2.57. The lowest BCUT2D eigenvalue weighted by atomic mass is 10.1. The molecule has 0 radical (unpaired) electrons. The molecule has 0 aliphatic carbocycles. The first-order valence-corrected chi connectivity index (χ1v) is 6.82. The average Bonchev–Trinajstić information content (AvgIpc) is 2.48. The van der Waals surface area contributed by atoms with Crippen molar-refractivity contribution in [1.82, 2.24) is 15.0 Å². The van der Waals surface area contributed by atoms with E-state index in [1.54, 1.807) is 6.20 Å². The minimum Gasteiger partial charge on any atom is -0.354 e. The first-order chi connectivity index (χ1) is 10.1. The normalized spacial score (nSPS) is 10.4. The minimum atomic E-state index is -0.467. The molecular weight excluding hydrogens is 270 g/mol. The fourth-order valence-electron chi connectivity index (χ4n) is 1.88. The highest BCUT2D eigenvalue weighted by Gasteiger charge is 2.17. The summed E-state index contributed by atoms with van der Waals surface area (Å²) in [5.74, 6) is 0.392. The average molecular weight is 287 g/mol. The molecule has 7 nitrogen and oxygen atoms in total. The number of anilines is 1. The summed E-state index contributed by atoms with van der Waals surface area (Å²) in [4.78, 5) is 23.1. The molecule has 0 saturated heterocycles. The molecule has 0 atom stereocenters. The van der Waals surface area contributed by atoms with Crippen LogP contribution in [0.4, 0.5) is 11.6 Å². The van der Waals surface area contributed by atoms with Gasteiger partial charge in [-0.05, 0) is 25.0 Å². The smallest absolute Gasteiger partial charge is 0.309 e. The lowest BCUT2D eigenvalue weighted by molar-refractivity contribution is -0.386. The van der Waals surface area contributed by atoms with Crippen LogP contribution in [-0.2, 0) is 12.8 Å². The van der Waals surface area contributed by atoms with E-state index in [9.17, 15) is 10.1 Å². The summed E-state index contributed by atoms with van der Waals surface area (Å²) < 4.78 is 0. The van der Waals surface area contributed by atoms with Gasteiger partial charge in [0.25, 0.3) is 0 Å². The predicted octanol–water partition coefficient (Wildman–Crippen LogP) is 2.36. The molecule has 21 heavy (non-hydrogen) atoms. The number of nitro groups is 1. The number of nitrogens with one attached hydrogen (secondary N) is 1. The number of pyridine rings is 1. The molecule has 2 aromatic heterocycles. The van der Waals surface area contributed by atoms with Gasteiger partial charge >= 0.3 is 5.69 Å². The number of rotatable bonds is 6. The lowest BCUT2D eigenvalue weighted by Gasteiger charge is -2.06. The van der Waals surface area contributed by atoms with Crippen LogP contribution in [0.5, 0.6) is 0 Å². The van der Waals surface area contributed by atoms with E-state index >= 15 is 0 Å². The van der Waals surface area contributed by atoms with Gasteiger partial charge in [-0.15, -0.1) is 0 Å². The maximum Gasteiger partial charge on any atom is 0.309 e. The van der Waals surface area contributed by atoms with Crippen molar-refractivity contribution in [2.45, 2.75) is 26.7 Å². The molecule has 110 valence electrons. The highest BCUT2D eigenvalue weighted by atomic mass is 16.6. The van der Waals surface area contributed by atoms with Crippen molar-refractivity contribution in [3.63, 3.8) is 0 Å². The molecule has 2 aromatic rings. The monoisotopic (exact) mass is 287 g/mol. The third kappa shape index (κ3) is 3.71. The summed E-state index contributed by atoms with van der Waals surface area (Å²) in [6.07, 6.45) is 4.24. The zero-order valence-corrected chi connectivity index (χ0v) is 12.0. The van der Waals surface area contributed by atoms with Crippen LogP contribution < -0.4 is 5.32 Å². The molecule has 0 bridgehead atoms. The van der Waals surface area contributed by atoms with Gasteiger partial charge in [0.15, 0.2) is 0 Å². The summed E-state index contributed by atoms with van der Waals surface area (Å²) in [6, 6.07) is 3.85. The first-order valence-electron chi connectivity index (χ1n) is 6.82. The highest BCUT2D eigenvalue weighted by Crippen LogP contribution is 2.19. The highest BCUT2D eigenvalue weighted by molar-refractivity contribution is 5.40. The van der Waals surface area contributed by atoms with Crippen LogP contribution in [-0.4, -0.2) is 26.4 Å². The van der Waals surface area contributed by atoms with Crippen LogP contribution in [0.2, 0.25) is 0 Å². The molecule has 2 rings (SSSR count). The van der Waals surface area contributed by atoms with Crippen LogP contribution in [0.3, 0.4) is 0 Å². The Balaban J connectivity index is 2.30. The summed E-state index contributed by atoms with van der Waals surface area (Å²) in [5, 5.41) is 14.0. The number of hydrogen-bond acceptors (Lipinski definition) is 6. The quantitative estimate of drug-likeness (QED) is 0.647. The Kier molecular flexibility index (Phi) is 4.76. The van der Waals surface area contributed by atoms with Gasteiger partial charge in [-0.25, -0.2) is 9.97 Å². The van der Waals surface area contributed by atoms with Crippen LogP contribution in [0, 0.1) is 10.1 Å². The van der Waals surface area contributed by atoms with E-state index in [1.165, 1.54) is 6.20 Å². The maximum atomic E-state index is 11.1. The van der Waals surface area contributed by atoms with Crippen molar-refractivity contribution in [2.75, 3.05) is 11.9 Å². The minimum absolute atomic E-state index is 0.0852. The predicted molar refractivity (Wildman–Crippen MR) is 79.3 cm³/mol. The van der Waals surface area contributed by atoms with Crippen LogP contribution in [0.25, 0.3) is 0 Å². The standard InChI is InChI=1S/C14H17N5O2/c1-3-10-5-6-11(16-8-10)7-12-13(19(20)21)9-17-14(18-12)15-4-2/h5-6,8-9H,3-4,7H2,1-2H3,(H,15,17,18). The van der Waals surface area contributed by atoms with Gasteiger partial charge in [0.05, 0.1) is 4.92 Å². The number of hydrogen-bond donors (Lipinski definition) is 1. The third-order valence-corrected chi connectivity index (χ3v) is 3.02. The van der Waals surface area contributed by atoms with Crippen molar-refractivity contribution in [2.24, 2.45) is 0 Å². The second-order valence-corrected chi connectivity index (χ2v) is 4.50. The van der Waals surface area contributed by atoms with E-state index in [2.05, 4.69) is 27.2 Å². The largest absolute Gasteiger partial charge is 0.354 e. The molecule has 0 aromatic carbocycles. The van der Waals surface area contributed by atoms with Crippen molar-refractivity contribution in [1.29, 1.82) is 0 Å². The van der Waals surface area contributed by atoms with Gasteiger partial charge in [0.2, 0.25) is 5.95 Å². The summed E-state index contributed by atoms with van der Waals surface area (Å²) in [5.41, 5.74) is 2.15. The van der Waals surface area contributed by atoms with Crippen LogP contribution in [0.1, 0.15) is 30.8 Å². The van der Waals surface area contributed by atoms with Crippen LogP contribution >= 0.6 is 0 Å². The summed E-state index contributed by atoms with van der Waals surface area (Å²) in [7, 11) is 0. The number of nitrogens with zero attached hydrogens (tertiary/aromatic N) is 4. The Morgan fingerprint density at radius 1 is 1.24 bits per heavy atom. The zero-order valence-electron chi connectivity index (χ0n) is 12.0. The molecule has 0 amide bonds. The molecule has 0 aliphatic heterocycles. The Morgan fingerprint density at radius 2 is 2.05 bits per heavy atom. The SMILES string of the molecule is CCNc1ncc([N+](=O)[O-])c(Cc2ccc(CC)cn2)n1. The summed E-state index contributed by atoms with van der Waals surface area (Å²) in [6.45, 7) is 4.62.